The van der Waals surface area contributed by atoms with Crippen molar-refractivity contribution in [2.45, 2.75) is 38.6 Å². The number of nitrogens with zero attached hydrogens (tertiary/aromatic N) is 2. The molecule has 4 nitrogen and oxygen atoms in total. The molecule has 4 heteroatoms. The van der Waals surface area contributed by atoms with Crippen LogP contribution in [-0.2, 0) is 0 Å². The molecule has 0 spiro atoms. The van der Waals surface area contributed by atoms with Crippen LogP contribution in [0.5, 0.6) is 0 Å². The summed E-state index contributed by atoms with van der Waals surface area (Å²) in [5.41, 5.74) is 1.48. The van der Waals surface area contributed by atoms with Crippen molar-refractivity contribution >= 4 is 5.91 Å². The highest BCUT2D eigenvalue weighted by atomic mass is 16.2. The summed E-state index contributed by atoms with van der Waals surface area (Å²) in [7, 11) is 1.96. The lowest BCUT2D eigenvalue weighted by molar-refractivity contribution is 0.0596. The molecule has 0 bridgehead atoms. The van der Waals surface area contributed by atoms with E-state index >= 15 is 0 Å². The zero-order valence-electron chi connectivity index (χ0n) is 11.9. The zero-order valence-corrected chi connectivity index (χ0v) is 11.9. The van der Waals surface area contributed by atoms with Crippen molar-refractivity contribution in [1.29, 1.82) is 0 Å². The Kier molecular flexibility index (Phi) is 4.91. The highest BCUT2D eigenvalue weighted by molar-refractivity contribution is 5.92. The summed E-state index contributed by atoms with van der Waals surface area (Å²) in [4.78, 5) is 18.9. The Morgan fingerprint density at radius 3 is 3.05 bits per heavy atom. The van der Waals surface area contributed by atoms with Gasteiger partial charge in [0.15, 0.2) is 0 Å². The molecule has 1 aromatic rings. The monoisotopic (exact) mass is 261 g/mol. The number of nitrogens with one attached hydrogen (secondary N) is 1. The maximum atomic E-state index is 12.6. The summed E-state index contributed by atoms with van der Waals surface area (Å²) < 4.78 is 0. The van der Waals surface area contributed by atoms with Gasteiger partial charge in [0.25, 0.3) is 5.91 Å². The Hall–Kier alpha value is -1.42. The van der Waals surface area contributed by atoms with E-state index in [-0.39, 0.29) is 5.91 Å². The molecule has 2 rings (SSSR count). The molecule has 19 heavy (non-hydrogen) atoms. The van der Waals surface area contributed by atoms with E-state index in [1.165, 1.54) is 6.42 Å². The standard InChI is InChI=1S/C15H23N3O/c1-12-6-5-8-14(17-12)15(19)18-11-4-3-7-13(18)9-10-16-2/h5-6,8,13,16H,3-4,7,9-11H2,1-2H3. The fraction of sp³-hybridized carbons (Fsp3) is 0.600. The second-order valence-electron chi connectivity index (χ2n) is 5.20. The van der Waals surface area contributed by atoms with E-state index in [2.05, 4.69) is 10.3 Å². The predicted octanol–water partition coefficient (Wildman–Crippen LogP) is 1.99. The van der Waals surface area contributed by atoms with Crippen LogP contribution in [0.15, 0.2) is 18.2 Å². The summed E-state index contributed by atoms with van der Waals surface area (Å²) in [5.74, 6) is 0.0875. The van der Waals surface area contributed by atoms with Gasteiger partial charge in [-0.05, 0) is 58.3 Å². The third kappa shape index (κ3) is 3.53. The van der Waals surface area contributed by atoms with Gasteiger partial charge in [-0.15, -0.1) is 0 Å². The number of carbonyl (C=O) groups is 1. The van der Waals surface area contributed by atoms with Crippen LogP contribution in [0, 0.1) is 6.92 Å². The van der Waals surface area contributed by atoms with E-state index < -0.39 is 0 Å². The average molecular weight is 261 g/mol. The minimum Gasteiger partial charge on any atom is -0.334 e. The number of rotatable bonds is 4. The quantitative estimate of drug-likeness (QED) is 0.901. The van der Waals surface area contributed by atoms with Crippen molar-refractivity contribution < 1.29 is 4.79 Å². The van der Waals surface area contributed by atoms with E-state index in [0.29, 0.717) is 11.7 Å². The van der Waals surface area contributed by atoms with Crippen LogP contribution >= 0.6 is 0 Å². The number of aryl methyl sites for hydroxylation is 1. The van der Waals surface area contributed by atoms with E-state index in [9.17, 15) is 4.79 Å². The van der Waals surface area contributed by atoms with Crippen molar-refractivity contribution in [2.75, 3.05) is 20.1 Å². The number of likely N-dealkylation sites (tertiary alicyclic amines) is 1. The lowest BCUT2D eigenvalue weighted by Gasteiger charge is -2.35. The van der Waals surface area contributed by atoms with E-state index in [4.69, 9.17) is 0 Å². The molecule has 104 valence electrons. The Morgan fingerprint density at radius 1 is 1.47 bits per heavy atom. The van der Waals surface area contributed by atoms with Crippen molar-refractivity contribution in [3.63, 3.8) is 0 Å². The molecule has 1 amide bonds. The van der Waals surface area contributed by atoms with Crippen LogP contribution in [0.3, 0.4) is 0 Å². The number of carbonyl (C=O) groups excluding carboxylic acids is 1. The molecule has 1 fully saturated rings. The molecule has 2 heterocycles. The summed E-state index contributed by atoms with van der Waals surface area (Å²) in [6.45, 7) is 3.74. The second-order valence-corrected chi connectivity index (χ2v) is 5.20. The van der Waals surface area contributed by atoms with Gasteiger partial charge in [-0.2, -0.15) is 0 Å². The zero-order chi connectivity index (χ0) is 13.7. The molecule has 0 aromatic carbocycles. The molecule has 0 radical (unpaired) electrons. The fourth-order valence-corrected chi connectivity index (χ4v) is 2.69. The van der Waals surface area contributed by atoms with Crippen LogP contribution in [-0.4, -0.2) is 42.0 Å². The van der Waals surface area contributed by atoms with E-state index in [0.717, 1.165) is 38.0 Å². The van der Waals surface area contributed by atoms with E-state index in [1.54, 1.807) is 0 Å². The van der Waals surface area contributed by atoms with Crippen LogP contribution in [0.25, 0.3) is 0 Å². The number of aromatic nitrogens is 1. The first-order chi connectivity index (χ1) is 9.22. The maximum absolute atomic E-state index is 12.6. The Labute approximate surface area is 115 Å². The van der Waals surface area contributed by atoms with Gasteiger partial charge >= 0.3 is 0 Å². The molecule has 1 unspecified atom stereocenters. The molecule has 1 atom stereocenters. The second kappa shape index (κ2) is 6.66. The van der Waals surface area contributed by atoms with Crippen LogP contribution < -0.4 is 5.32 Å². The topological polar surface area (TPSA) is 45.2 Å². The molecule has 0 aliphatic carbocycles. The van der Waals surface area contributed by atoms with Crippen LogP contribution in [0.4, 0.5) is 0 Å². The SMILES string of the molecule is CNCCC1CCCCN1C(=O)c1cccc(C)n1. The van der Waals surface area contributed by atoms with Gasteiger partial charge in [-0.3, -0.25) is 4.79 Å². The van der Waals surface area contributed by atoms with Crippen molar-refractivity contribution in [1.82, 2.24) is 15.2 Å². The lowest BCUT2D eigenvalue weighted by atomic mass is 9.98. The van der Waals surface area contributed by atoms with Crippen LogP contribution in [0.1, 0.15) is 41.9 Å². The number of piperidine rings is 1. The van der Waals surface area contributed by atoms with Gasteiger partial charge in [0.2, 0.25) is 0 Å². The first-order valence-electron chi connectivity index (χ1n) is 7.11. The molecule has 1 aliphatic rings. The number of amides is 1. The number of pyridine rings is 1. The van der Waals surface area contributed by atoms with Gasteiger partial charge in [-0.1, -0.05) is 6.07 Å². The highest BCUT2D eigenvalue weighted by Gasteiger charge is 2.27. The molecule has 0 saturated carbocycles. The van der Waals surface area contributed by atoms with Gasteiger partial charge in [-0.25, -0.2) is 4.98 Å². The Bertz CT molecular complexity index is 433. The maximum Gasteiger partial charge on any atom is 0.272 e. The minimum atomic E-state index is 0.0875. The van der Waals surface area contributed by atoms with Gasteiger partial charge < -0.3 is 10.2 Å². The first-order valence-corrected chi connectivity index (χ1v) is 7.11. The summed E-state index contributed by atoms with van der Waals surface area (Å²) in [6, 6.07) is 6.00. The largest absolute Gasteiger partial charge is 0.334 e. The highest BCUT2D eigenvalue weighted by Crippen LogP contribution is 2.21. The first kappa shape index (κ1) is 14.0. The molecule has 1 aromatic heterocycles. The molecule has 1 N–H and O–H groups in total. The molecule has 1 aliphatic heterocycles. The summed E-state index contributed by atoms with van der Waals surface area (Å²) in [5, 5.41) is 3.17. The van der Waals surface area contributed by atoms with Crippen molar-refractivity contribution in [3.8, 4) is 0 Å². The van der Waals surface area contributed by atoms with Crippen molar-refractivity contribution in [2.24, 2.45) is 0 Å². The third-order valence-electron chi connectivity index (χ3n) is 3.72. The smallest absolute Gasteiger partial charge is 0.272 e. The van der Waals surface area contributed by atoms with Crippen molar-refractivity contribution in [3.05, 3.63) is 29.6 Å². The number of hydrogen-bond donors (Lipinski definition) is 1. The summed E-state index contributed by atoms with van der Waals surface area (Å²) >= 11 is 0. The Balaban J connectivity index is 2.10. The van der Waals surface area contributed by atoms with Gasteiger partial charge in [0.05, 0.1) is 0 Å². The van der Waals surface area contributed by atoms with Crippen LogP contribution in [0.2, 0.25) is 0 Å². The number of hydrogen-bond acceptors (Lipinski definition) is 3. The lowest BCUT2D eigenvalue weighted by Crippen LogP contribution is -2.45. The molecular weight excluding hydrogens is 238 g/mol. The van der Waals surface area contributed by atoms with Gasteiger partial charge in [0.1, 0.15) is 5.69 Å². The normalized spacial score (nSPS) is 19.5. The summed E-state index contributed by atoms with van der Waals surface area (Å²) in [6.07, 6.45) is 4.46. The molecule has 1 saturated heterocycles. The predicted molar refractivity (Wildman–Crippen MR) is 76.2 cm³/mol. The van der Waals surface area contributed by atoms with Gasteiger partial charge in [0, 0.05) is 18.3 Å². The van der Waals surface area contributed by atoms with E-state index in [1.807, 2.05) is 37.1 Å². The third-order valence-corrected chi connectivity index (χ3v) is 3.72. The minimum absolute atomic E-state index is 0.0875. The average Bonchev–Trinajstić information content (AvgIpc) is 2.44. The Morgan fingerprint density at radius 2 is 2.32 bits per heavy atom. The molecular formula is C15H23N3O. The fourth-order valence-electron chi connectivity index (χ4n) is 2.69.